The van der Waals surface area contributed by atoms with Crippen LogP contribution in [-0.4, -0.2) is 33.5 Å². The molecular formula is C12H14N2O4S. The van der Waals surface area contributed by atoms with E-state index in [4.69, 9.17) is 5.11 Å². The molecule has 6 nitrogen and oxygen atoms in total. The molecule has 102 valence electrons. The molecule has 1 fully saturated rings. The largest absolute Gasteiger partial charge is 0.478 e. The van der Waals surface area contributed by atoms with Crippen molar-refractivity contribution in [1.29, 1.82) is 0 Å². The average molecular weight is 282 g/mol. The first-order valence-corrected chi connectivity index (χ1v) is 7.00. The number of hydrogen-bond acceptors (Lipinski definition) is 5. The molecule has 19 heavy (non-hydrogen) atoms. The van der Waals surface area contributed by atoms with Crippen molar-refractivity contribution < 1.29 is 14.8 Å². The second kappa shape index (κ2) is 5.92. The standard InChI is InChI=1S/C12H14N2O4S/c15-12(16)10-4-3-8(14(17)18)6-11(10)13-7-9-2-1-5-19-9/h3-4,6,9,13H,1-2,5,7H2,(H,15,16). The van der Waals surface area contributed by atoms with Gasteiger partial charge in [0, 0.05) is 23.9 Å². The molecule has 1 aliphatic heterocycles. The van der Waals surface area contributed by atoms with Crippen molar-refractivity contribution in [2.45, 2.75) is 18.1 Å². The fourth-order valence-corrected chi connectivity index (χ4v) is 3.21. The molecule has 1 aliphatic rings. The number of carbonyl (C=O) groups is 1. The van der Waals surface area contributed by atoms with Crippen molar-refractivity contribution in [1.82, 2.24) is 0 Å². The Morgan fingerprint density at radius 3 is 2.95 bits per heavy atom. The summed E-state index contributed by atoms with van der Waals surface area (Å²) in [5, 5.41) is 23.3. The smallest absolute Gasteiger partial charge is 0.337 e. The quantitative estimate of drug-likeness (QED) is 0.637. The zero-order chi connectivity index (χ0) is 13.8. The minimum absolute atomic E-state index is 0.0635. The molecule has 1 aromatic carbocycles. The van der Waals surface area contributed by atoms with E-state index in [-0.39, 0.29) is 11.3 Å². The molecule has 0 aliphatic carbocycles. The Labute approximate surface area is 114 Å². The molecule has 2 rings (SSSR count). The number of nitro groups is 1. The Balaban J connectivity index is 2.16. The van der Waals surface area contributed by atoms with Gasteiger partial charge in [-0.15, -0.1) is 0 Å². The number of hydrogen-bond donors (Lipinski definition) is 2. The molecule has 1 aromatic rings. The lowest BCUT2D eigenvalue weighted by Crippen LogP contribution is -2.16. The second-order valence-corrected chi connectivity index (χ2v) is 5.72. The van der Waals surface area contributed by atoms with E-state index in [1.165, 1.54) is 18.2 Å². The third-order valence-electron chi connectivity index (χ3n) is 2.99. The molecule has 7 heteroatoms. The van der Waals surface area contributed by atoms with Gasteiger partial charge in [-0.2, -0.15) is 11.8 Å². The van der Waals surface area contributed by atoms with Crippen molar-refractivity contribution in [2.24, 2.45) is 0 Å². The van der Waals surface area contributed by atoms with Gasteiger partial charge in [-0.1, -0.05) is 0 Å². The van der Waals surface area contributed by atoms with Gasteiger partial charge in [-0.05, 0) is 24.7 Å². The fourth-order valence-electron chi connectivity index (χ4n) is 2.01. The summed E-state index contributed by atoms with van der Waals surface area (Å²) in [5.74, 6) is 0.0315. The minimum atomic E-state index is -1.09. The lowest BCUT2D eigenvalue weighted by Gasteiger charge is -2.13. The average Bonchev–Trinajstić information content (AvgIpc) is 2.88. The number of nitrogens with one attached hydrogen (secondary N) is 1. The summed E-state index contributed by atoms with van der Waals surface area (Å²) in [6.45, 7) is 0.631. The first-order chi connectivity index (χ1) is 9.08. The van der Waals surface area contributed by atoms with Crippen LogP contribution in [0.5, 0.6) is 0 Å². The molecule has 0 spiro atoms. The van der Waals surface area contributed by atoms with Gasteiger partial charge in [-0.3, -0.25) is 10.1 Å². The molecular weight excluding hydrogens is 268 g/mol. The van der Waals surface area contributed by atoms with Crippen molar-refractivity contribution in [2.75, 3.05) is 17.6 Å². The van der Waals surface area contributed by atoms with Crippen LogP contribution in [0.3, 0.4) is 0 Å². The maximum Gasteiger partial charge on any atom is 0.337 e. The summed E-state index contributed by atoms with van der Waals surface area (Å²) in [5.41, 5.74) is 0.273. The summed E-state index contributed by atoms with van der Waals surface area (Å²) in [6.07, 6.45) is 2.26. The maximum atomic E-state index is 11.1. The number of aromatic carboxylic acids is 1. The molecule has 1 saturated heterocycles. The first-order valence-electron chi connectivity index (χ1n) is 5.95. The van der Waals surface area contributed by atoms with Gasteiger partial charge >= 0.3 is 5.97 Å². The molecule has 1 unspecified atom stereocenters. The Hall–Kier alpha value is -1.76. The summed E-state index contributed by atoms with van der Waals surface area (Å²) in [6, 6.07) is 3.76. The van der Waals surface area contributed by atoms with Crippen LogP contribution in [-0.2, 0) is 0 Å². The molecule has 0 aromatic heterocycles. The highest BCUT2D eigenvalue weighted by Crippen LogP contribution is 2.28. The van der Waals surface area contributed by atoms with Crippen molar-refractivity contribution in [3.05, 3.63) is 33.9 Å². The van der Waals surface area contributed by atoms with Crippen LogP contribution < -0.4 is 5.32 Å². The Bertz CT molecular complexity index is 501. The van der Waals surface area contributed by atoms with E-state index in [1.54, 1.807) is 0 Å². The third kappa shape index (κ3) is 3.37. The van der Waals surface area contributed by atoms with E-state index in [0.717, 1.165) is 18.6 Å². The van der Waals surface area contributed by atoms with E-state index in [2.05, 4.69) is 5.32 Å². The molecule has 1 heterocycles. The molecule has 0 radical (unpaired) electrons. The number of nitrogens with zero attached hydrogens (tertiary/aromatic N) is 1. The number of benzene rings is 1. The normalized spacial score (nSPS) is 18.2. The van der Waals surface area contributed by atoms with E-state index >= 15 is 0 Å². The lowest BCUT2D eigenvalue weighted by atomic mass is 10.1. The Kier molecular flexibility index (Phi) is 4.26. The number of anilines is 1. The highest BCUT2D eigenvalue weighted by atomic mass is 32.2. The van der Waals surface area contributed by atoms with Crippen LogP contribution in [0.15, 0.2) is 18.2 Å². The summed E-state index contributed by atoms with van der Waals surface area (Å²) >= 11 is 1.84. The van der Waals surface area contributed by atoms with Crippen LogP contribution in [0.4, 0.5) is 11.4 Å². The molecule has 0 saturated carbocycles. The van der Waals surface area contributed by atoms with Crippen LogP contribution in [0, 0.1) is 10.1 Å². The van der Waals surface area contributed by atoms with Gasteiger partial charge in [-0.25, -0.2) is 4.79 Å². The van der Waals surface area contributed by atoms with E-state index in [9.17, 15) is 14.9 Å². The molecule has 0 bridgehead atoms. The highest BCUT2D eigenvalue weighted by molar-refractivity contribution is 8.00. The zero-order valence-electron chi connectivity index (χ0n) is 10.2. The summed E-state index contributed by atoms with van der Waals surface area (Å²) in [4.78, 5) is 21.3. The van der Waals surface area contributed by atoms with Crippen molar-refractivity contribution >= 4 is 29.1 Å². The predicted molar refractivity (Wildman–Crippen MR) is 74.0 cm³/mol. The van der Waals surface area contributed by atoms with Gasteiger partial charge in [0.1, 0.15) is 0 Å². The summed E-state index contributed by atoms with van der Waals surface area (Å²) < 4.78 is 0. The number of non-ortho nitro benzene ring substituents is 1. The lowest BCUT2D eigenvalue weighted by molar-refractivity contribution is -0.384. The maximum absolute atomic E-state index is 11.1. The van der Waals surface area contributed by atoms with Gasteiger partial charge in [0.25, 0.3) is 5.69 Å². The Morgan fingerprint density at radius 2 is 2.37 bits per heavy atom. The van der Waals surface area contributed by atoms with Gasteiger partial charge in [0.2, 0.25) is 0 Å². The SMILES string of the molecule is O=C(O)c1ccc([N+](=O)[O-])cc1NCC1CCCS1. The topological polar surface area (TPSA) is 92.5 Å². The van der Waals surface area contributed by atoms with Gasteiger partial charge in [0.05, 0.1) is 16.2 Å². The number of nitro benzene ring substituents is 1. The summed E-state index contributed by atoms with van der Waals surface area (Å²) in [7, 11) is 0. The van der Waals surface area contributed by atoms with Crippen LogP contribution in [0.2, 0.25) is 0 Å². The number of rotatable bonds is 5. The second-order valence-electron chi connectivity index (χ2n) is 4.31. The zero-order valence-corrected chi connectivity index (χ0v) is 11.0. The van der Waals surface area contributed by atoms with E-state index in [0.29, 0.717) is 17.5 Å². The van der Waals surface area contributed by atoms with Gasteiger partial charge in [0.15, 0.2) is 0 Å². The van der Waals surface area contributed by atoms with Gasteiger partial charge < -0.3 is 10.4 Å². The minimum Gasteiger partial charge on any atom is -0.478 e. The van der Waals surface area contributed by atoms with Crippen molar-refractivity contribution in [3.8, 4) is 0 Å². The van der Waals surface area contributed by atoms with E-state index < -0.39 is 10.9 Å². The number of carboxylic acids is 1. The van der Waals surface area contributed by atoms with Crippen LogP contribution in [0.1, 0.15) is 23.2 Å². The van der Waals surface area contributed by atoms with Crippen molar-refractivity contribution in [3.63, 3.8) is 0 Å². The number of thioether (sulfide) groups is 1. The molecule has 0 amide bonds. The highest BCUT2D eigenvalue weighted by Gasteiger charge is 2.18. The van der Waals surface area contributed by atoms with E-state index in [1.807, 2.05) is 11.8 Å². The molecule has 1 atom stereocenters. The fraction of sp³-hybridized carbons (Fsp3) is 0.417. The Morgan fingerprint density at radius 1 is 1.58 bits per heavy atom. The number of carboxylic acid groups (broad SMARTS) is 1. The first kappa shape index (κ1) is 13.7. The predicted octanol–water partition coefficient (Wildman–Crippen LogP) is 2.60. The molecule has 2 N–H and O–H groups in total. The monoisotopic (exact) mass is 282 g/mol. The third-order valence-corrected chi connectivity index (χ3v) is 4.39. The van der Waals surface area contributed by atoms with Crippen LogP contribution >= 0.6 is 11.8 Å². The van der Waals surface area contributed by atoms with Crippen LogP contribution in [0.25, 0.3) is 0 Å².